The van der Waals surface area contributed by atoms with E-state index >= 15 is 0 Å². The second-order valence-electron chi connectivity index (χ2n) is 6.91. The van der Waals surface area contributed by atoms with Crippen LogP contribution in [0, 0.1) is 18.6 Å². The number of benzene rings is 1. The Morgan fingerprint density at radius 2 is 2.00 bits per heavy atom. The molecule has 0 fully saturated rings. The topological polar surface area (TPSA) is 77.6 Å². The minimum Gasteiger partial charge on any atom is -0.322 e. The zero-order chi connectivity index (χ0) is 22.3. The molecule has 0 aliphatic carbocycles. The highest BCUT2D eigenvalue weighted by Crippen LogP contribution is 2.33. The molecule has 0 spiro atoms. The predicted octanol–water partition coefficient (Wildman–Crippen LogP) is 3.99. The van der Waals surface area contributed by atoms with E-state index in [9.17, 15) is 22.4 Å². The molecule has 1 amide bonds. The molecule has 0 unspecified atom stereocenters. The van der Waals surface area contributed by atoms with E-state index in [1.165, 1.54) is 28.6 Å². The first kappa shape index (κ1) is 20.5. The summed E-state index contributed by atoms with van der Waals surface area (Å²) in [4.78, 5) is 16.8. The standard InChI is InChI=1S/C20H16F4N6O/c1-10-18-13(19(23)24)6-16(11-7-25-29(2)8-11)27-20(18)30(28-10)9-17(31)26-15-4-3-12(21)5-14(15)22/h3-8,19H,9H2,1-2H3,(H,26,31). The highest BCUT2D eigenvalue weighted by Gasteiger charge is 2.22. The molecule has 11 heteroatoms. The van der Waals surface area contributed by atoms with E-state index < -0.39 is 30.5 Å². The van der Waals surface area contributed by atoms with Crippen molar-refractivity contribution < 1.29 is 22.4 Å². The van der Waals surface area contributed by atoms with Crippen LogP contribution >= 0.6 is 0 Å². The number of aryl methyl sites for hydroxylation is 2. The zero-order valence-corrected chi connectivity index (χ0v) is 16.4. The van der Waals surface area contributed by atoms with Gasteiger partial charge < -0.3 is 5.32 Å². The highest BCUT2D eigenvalue weighted by atomic mass is 19.3. The summed E-state index contributed by atoms with van der Waals surface area (Å²) in [6.07, 6.45) is 0.321. The Hall–Kier alpha value is -3.76. The second-order valence-corrected chi connectivity index (χ2v) is 6.91. The fraction of sp³-hybridized carbons (Fsp3) is 0.200. The SMILES string of the molecule is Cc1nn(CC(=O)Nc2ccc(F)cc2F)c2nc(-c3cnn(C)c3)cc(C(F)F)c12. The van der Waals surface area contributed by atoms with Crippen molar-refractivity contribution in [1.82, 2.24) is 24.5 Å². The third kappa shape index (κ3) is 3.98. The van der Waals surface area contributed by atoms with E-state index in [0.29, 0.717) is 11.6 Å². The molecule has 3 aromatic heterocycles. The lowest BCUT2D eigenvalue weighted by atomic mass is 10.1. The van der Waals surface area contributed by atoms with Crippen LogP contribution in [0.2, 0.25) is 0 Å². The minimum atomic E-state index is -2.79. The van der Waals surface area contributed by atoms with E-state index in [0.717, 1.165) is 12.1 Å². The average Bonchev–Trinajstić information content (AvgIpc) is 3.27. The Morgan fingerprint density at radius 1 is 1.23 bits per heavy atom. The van der Waals surface area contributed by atoms with Crippen LogP contribution in [0.3, 0.4) is 0 Å². The fourth-order valence-electron chi connectivity index (χ4n) is 3.29. The van der Waals surface area contributed by atoms with Crippen LogP contribution in [-0.4, -0.2) is 30.5 Å². The van der Waals surface area contributed by atoms with Crippen molar-refractivity contribution in [2.45, 2.75) is 19.9 Å². The van der Waals surface area contributed by atoms with Gasteiger partial charge in [-0.2, -0.15) is 10.2 Å². The molecule has 0 saturated carbocycles. The van der Waals surface area contributed by atoms with Crippen molar-refractivity contribution in [3.8, 4) is 11.3 Å². The molecule has 3 heterocycles. The number of nitrogens with one attached hydrogen (secondary N) is 1. The van der Waals surface area contributed by atoms with Crippen molar-refractivity contribution in [2.24, 2.45) is 7.05 Å². The molecule has 7 nitrogen and oxygen atoms in total. The Bertz CT molecular complexity index is 1300. The molecule has 160 valence electrons. The van der Waals surface area contributed by atoms with Crippen molar-refractivity contribution in [2.75, 3.05) is 5.32 Å². The second kappa shape index (κ2) is 7.82. The third-order valence-corrected chi connectivity index (χ3v) is 4.64. The third-order valence-electron chi connectivity index (χ3n) is 4.64. The number of pyridine rings is 1. The molecule has 1 aromatic carbocycles. The molecular weight excluding hydrogens is 416 g/mol. The van der Waals surface area contributed by atoms with Gasteiger partial charge in [0, 0.05) is 30.4 Å². The number of halogens is 4. The van der Waals surface area contributed by atoms with Crippen molar-refractivity contribution in [1.29, 1.82) is 0 Å². The summed E-state index contributed by atoms with van der Waals surface area (Å²) in [6.45, 7) is 1.13. The first-order chi connectivity index (χ1) is 14.7. The number of carbonyl (C=O) groups is 1. The van der Waals surface area contributed by atoms with Crippen LogP contribution in [0.25, 0.3) is 22.3 Å². The normalized spacial score (nSPS) is 11.5. The van der Waals surface area contributed by atoms with Gasteiger partial charge in [0.25, 0.3) is 6.43 Å². The van der Waals surface area contributed by atoms with Gasteiger partial charge in [0.1, 0.15) is 18.2 Å². The van der Waals surface area contributed by atoms with Crippen LogP contribution in [0.15, 0.2) is 36.7 Å². The molecule has 0 radical (unpaired) electrons. The average molecular weight is 432 g/mol. The largest absolute Gasteiger partial charge is 0.322 e. The minimum absolute atomic E-state index is 0.0869. The molecule has 1 N–H and O–H groups in total. The van der Waals surface area contributed by atoms with Gasteiger partial charge in [-0.25, -0.2) is 27.2 Å². The van der Waals surface area contributed by atoms with Crippen molar-refractivity contribution in [3.63, 3.8) is 0 Å². The quantitative estimate of drug-likeness (QED) is 0.484. The number of fused-ring (bicyclic) bond motifs is 1. The van der Waals surface area contributed by atoms with Gasteiger partial charge in [0.2, 0.25) is 5.91 Å². The van der Waals surface area contributed by atoms with Gasteiger partial charge in [-0.1, -0.05) is 0 Å². The van der Waals surface area contributed by atoms with E-state index in [1.54, 1.807) is 13.2 Å². The Balaban J connectivity index is 1.73. The number of hydrogen-bond donors (Lipinski definition) is 1. The van der Waals surface area contributed by atoms with Gasteiger partial charge in [-0.3, -0.25) is 9.48 Å². The van der Waals surface area contributed by atoms with Crippen molar-refractivity contribution in [3.05, 3.63) is 59.6 Å². The number of aromatic nitrogens is 5. The maximum absolute atomic E-state index is 13.8. The van der Waals surface area contributed by atoms with Crippen LogP contribution in [-0.2, 0) is 18.4 Å². The van der Waals surface area contributed by atoms with Gasteiger partial charge >= 0.3 is 0 Å². The summed E-state index contributed by atoms with van der Waals surface area (Å²) in [6, 6.07) is 4.00. The van der Waals surface area contributed by atoms with Crippen LogP contribution in [0.5, 0.6) is 0 Å². The summed E-state index contributed by atoms with van der Waals surface area (Å²) in [5.41, 5.74) is 0.659. The lowest BCUT2D eigenvalue weighted by Crippen LogP contribution is -2.20. The molecule has 4 rings (SSSR count). The molecular formula is C20H16F4N6O. The van der Waals surface area contributed by atoms with Crippen LogP contribution in [0.1, 0.15) is 17.7 Å². The van der Waals surface area contributed by atoms with Gasteiger partial charge in [0.15, 0.2) is 5.65 Å². The van der Waals surface area contributed by atoms with Gasteiger partial charge in [-0.15, -0.1) is 0 Å². The van der Waals surface area contributed by atoms with Crippen LogP contribution < -0.4 is 5.32 Å². The predicted molar refractivity (Wildman–Crippen MR) is 104 cm³/mol. The van der Waals surface area contributed by atoms with E-state index in [2.05, 4.69) is 20.5 Å². The number of anilines is 1. The lowest BCUT2D eigenvalue weighted by Gasteiger charge is -2.09. The first-order valence-electron chi connectivity index (χ1n) is 9.13. The number of amides is 1. The number of hydrogen-bond acceptors (Lipinski definition) is 4. The molecule has 0 bridgehead atoms. The maximum Gasteiger partial charge on any atom is 0.264 e. The van der Waals surface area contributed by atoms with Gasteiger partial charge in [0.05, 0.1) is 28.7 Å². The summed E-state index contributed by atoms with van der Waals surface area (Å²) < 4.78 is 57.1. The number of carbonyl (C=O) groups excluding carboxylic acids is 1. The lowest BCUT2D eigenvalue weighted by molar-refractivity contribution is -0.116. The Kier molecular flexibility index (Phi) is 5.17. The molecule has 31 heavy (non-hydrogen) atoms. The van der Waals surface area contributed by atoms with E-state index in [1.807, 2.05) is 0 Å². The number of rotatable bonds is 5. The Morgan fingerprint density at radius 3 is 2.65 bits per heavy atom. The maximum atomic E-state index is 13.8. The molecule has 0 aliphatic rings. The number of alkyl halides is 2. The first-order valence-corrected chi connectivity index (χ1v) is 9.13. The summed E-state index contributed by atoms with van der Waals surface area (Å²) in [5.74, 6) is -2.40. The van der Waals surface area contributed by atoms with Crippen LogP contribution in [0.4, 0.5) is 23.2 Å². The molecule has 0 aliphatic heterocycles. The van der Waals surface area contributed by atoms with E-state index in [4.69, 9.17) is 0 Å². The highest BCUT2D eigenvalue weighted by molar-refractivity contribution is 5.92. The zero-order valence-electron chi connectivity index (χ0n) is 16.4. The summed E-state index contributed by atoms with van der Waals surface area (Å²) >= 11 is 0. The van der Waals surface area contributed by atoms with Crippen molar-refractivity contribution >= 4 is 22.6 Å². The van der Waals surface area contributed by atoms with E-state index in [-0.39, 0.29) is 33.7 Å². The monoisotopic (exact) mass is 432 g/mol. The smallest absolute Gasteiger partial charge is 0.264 e. The number of nitrogens with zero attached hydrogens (tertiary/aromatic N) is 5. The summed E-state index contributed by atoms with van der Waals surface area (Å²) in [5, 5.41) is 10.7. The molecule has 0 atom stereocenters. The molecule has 4 aromatic rings. The summed E-state index contributed by atoms with van der Waals surface area (Å²) in [7, 11) is 1.68. The fourth-order valence-corrected chi connectivity index (χ4v) is 3.29. The molecule has 0 saturated heterocycles. The van der Waals surface area contributed by atoms with Gasteiger partial charge in [-0.05, 0) is 25.1 Å². The Labute approximate surface area is 173 Å².